The van der Waals surface area contributed by atoms with Gasteiger partial charge in [-0.1, -0.05) is 12.2 Å². The van der Waals surface area contributed by atoms with Gasteiger partial charge in [0.05, 0.1) is 0 Å². The second-order valence-corrected chi connectivity index (χ2v) is 1.68. The van der Waals surface area contributed by atoms with Crippen molar-refractivity contribution in [2.24, 2.45) is 5.73 Å². The van der Waals surface area contributed by atoms with Crippen LogP contribution in [0.1, 0.15) is 5.69 Å². The van der Waals surface area contributed by atoms with E-state index in [0.29, 0.717) is 5.69 Å². The van der Waals surface area contributed by atoms with Crippen molar-refractivity contribution in [1.82, 2.24) is 4.98 Å². The molecule has 8 heavy (non-hydrogen) atoms. The molecule has 1 aromatic heterocycles. The van der Waals surface area contributed by atoms with Gasteiger partial charge >= 0.3 is 0 Å². The van der Waals surface area contributed by atoms with Crippen LogP contribution >= 0.6 is 12.2 Å². The smallest absolute Gasteiger partial charge is 0.181 e. The van der Waals surface area contributed by atoms with Crippen LogP contribution in [0.2, 0.25) is 0 Å². The summed E-state index contributed by atoms with van der Waals surface area (Å²) in [5.41, 5.74) is 5.69. The van der Waals surface area contributed by atoms with E-state index in [1.54, 1.807) is 0 Å². The summed E-state index contributed by atoms with van der Waals surface area (Å²) < 4.78 is 4.60. The van der Waals surface area contributed by atoms with E-state index < -0.39 is 0 Å². The number of nitrogens with two attached hydrogens (primary N) is 1. The molecule has 0 radical (unpaired) electrons. The molecule has 0 aromatic carbocycles. The lowest BCUT2D eigenvalue weighted by Crippen LogP contribution is -2.08. The van der Waals surface area contributed by atoms with Gasteiger partial charge in [-0.2, -0.15) is 0 Å². The molecule has 0 saturated carbocycles. The molecular weight excluding hydrogens is 124 g/mol. The molecule has 0 unspecified atom stereocenters. The maximum Gasteiger partial charge on any atom is 0.181 e. The van der Waals surface area contributed by atoms with Crippen molar-refractivity contribution in [3.05, 3.63) is 18.4 Å². The quantitative estimate of drug-likeness (QED) is 0.553. The molecule has 1 aromatic rings. The molecule has 42 valence electrons. The Hall–Kier alpha value is -0.900. The molecule has 1 rings (SSSR count). The molecule has 0 spiro atoms. The van der Waals surface area contributed by atoms with Gasteiger partial charge in [-0.15, -0.1) is 0 Å². The van der Waals surface area contributed by atoms with E-state index in [2.05, 4.69) is 21.6 Å². The number of hydrogen-bond acceptors (Lipinski definition) is 3. The number of thiocarbonyl (C=S) groups is 1. The van der Waals surface area contributed by atoms with Gasteiger partial charge in [-0.3, -0.25) is 0 Å². The van der Waals surface area contributed by atoms with Crippen LogP contribution in [0.5, 0.6) is 0 Å². The zero-order chi connectivity index (χ0) is 5.98. The first-order valence-corrected chi connectivity index (χ1v) is 2.39. The number of hydrogen-bond donors (Lipinski definition) is 1. The van der Waals surface area contributed by atoms with Crippen LogP contribution in [-0.2, 0) is 0 Å². The maximum atomic E-state index is 5.17. The van der Waals surface area contributed by atoms with Crippen molar-refractivity contribution in [3.63, 3.8) is 0 Å². The van der Waals surface area contributed by atoms with Crippen molar-refractivity contribution in [2.45, 2.75) is 0 Å². The molecule has 0 aliphatic rings. The van der Waals surface area contributed by atoms with Crippen LogP contribution in [0.25, 0.3) is 0 Å². The lowest BCUT2D eigenvalue weighted by molar-refractivity contribution is 0.557. The average Bonchev–Trinajstić information content (AvgIpc) is 2.12. The zero-order valence-electron chi connectivity index (χ0n) is 4.00. The van der Waals surface area contributed by atoms with Crippen molar-refractivity contribution in [3.8, 4) is 0 Å². The van der Waals surface area contributed by atoms with Crippen LogP contribution in [0.4, 0.5) is 0 Å². The van der Waals surface area contributed by atoms with Crippen molar-refractivity contribution in [1.29, 1.82) is 0 Å². The van der Waals surface area contributed by atoms with Gasteiger partial charge < -0.3 is 10.2 Å². The predicted octanol–water partition coefficient (Wildman–Crippen LogP) is 0.309. The van der Waals surface area contributed by atoms with E-state index >= 15 is 0 Å². The van der Waals surface area contributed by atoms with Gasteiger partial charge in [0, 0.05) is 0 Å². The van der Waals surface area contributed by atoms with E-state index in [1.165, 1.54) is 12.7 Å². The average molecular weight is 128 g/mol. The Morgan fingerprint density at radius 2 is 2.62 bits per heavy atom. The fourth-order valence-corrected chi connectivity index (χ4v) is 0.435. The molecule has 0 fully saturated rings. The van der Waals surface area contributed by atoms with Crippen LogP contribution in [0.15, 0.2) is 17.1 Å². The fourth-order valence-electron chi connectivity index (χ4n) is 0.334. The van der Waals surface area contributed by atoms with Crippen molar-refractivity contribution in [2.75, 3.05) is 0 Å². The number of rotatable bonds is 1. The highest BCUT2D eigenvalue weighted by Crippen LogP contribution is 1.91. The second-order valence-electron chi connectivity index (χ2n) is 1.24. The summed E-state index contributed by atoms with van der Waals surface area (Å²) in [5.74, 6) is 0. The Morgan fingerprint density at radius 1 is 1.88 bits per heavy atom. The lowest BCUT2D eigenvalue weighted by Gasteiger charge is -1.81. The van der Waals surface area contributed by atoms with Gasteiger partial charge in [0.1, 0.15) is 16.9 Å². The molecule has 0 aliphatic heterocycles. The predicted molar refractivity (Wildman–Crippen MR) is 32.4 cm³/mol. The van der Waals surface area contributed by atoms with E-state index in [9.17, 15) is 0 Å². The standard InChI is InChI=1S/C4H4N2OS/c5-4(8)3-1-7-2-6-3/h1-2H,(H2,5,8). The summed E-state index contributed by atoms with van der Waals surface area (Å²) in [6, 6.07) is 0. The third kappa shape index (κ3) is 0.840. The summed E-state index contributed by atoms with van der Waals surface area (Å²) >= 11 is 4.57. The minimum atomic E-state index is 0.263. The van der Waals surface area contributed by atoms with E-state index in [-0.39, 0.29) is 4.99 Å². The Bertz CT molecular complexity index is 182. The van der Waals surface area contributed by atoms with Gasteiger partial charge in [-0.05, 0) is 0 Å². The monoisotopic (exact) mass is 128 g/mol. The van der Waals surface area contributed by atoms with Crippen LogP contribution in [-0.4, -0.2) is 9.97 Å². The Balaban J connectivity index is 2.93. The highest BCUT2D eigenvalue weighted by Gasteiger charge is 1.95. The molecule has 1 heterocycles. The van der Waals surface area contributed by atoms with Crippen LogP contribution in [0.3, 0.4) is 0 Å². The van der Waals surface area contributed by atoms with E-state index in [0.717, 1.165) is 0 Å². The fraction of sp³-hybridized carbons (Fsp3) is 0. The summed E-state index contributed by atoms with van der Waals surface area (Å²) in [6.07, 6.45) is 2.69. The summed E-state index contributed by atoms with van der Waals surface area (Å²) in [4.78, 5) is 3.95. The lowest BCUT2D eigenvalue weighted by atomic mass is 10.5. The molecule has 2 N–H and O–H groups in total. The number of oxazole rings is 1. The molecule has 0 saturated heterocycles. The molecular formula is C4H4N2OS. The molecule has 4 heteroatoms. The maximum absolute atomic E-state index is 5.17. The van der Waals surface area contributed by atoms with Crippen LogP contribution in [0, 0.1) is 0 Å². The highest BCUT2D eigenvalue weighted by atomic mass is 32.1. The van der Waals surface area contributed by atoms with Crippen molar-refractivity contribution >= 4 is 17.2 Å². The zero-order valence-corrected chi connectivity index (χ0v) is 4.81. The molecule has 3 nitrogen and oxygen atoms in total. The van der Waals surface area contributed by atoms with Gasteiger partial charge in [-0.25, -0.2) is 4.98 Å². The normalized spacial score (nSPS) is 9.00. The first-order chi connectivity index (χ1) is 3.80. The van der Waals surface area contributed by atoms with E-state index in [1.807, 2.05) is 0 Å². The Kier molecular flexibility index (Phi) is 1.26. The molecule has 0 aliphatic carbocycles. The van der Waals surface area contributed by atoms with Gasteiger partial charge in [0.2, 0.25) is 0 Å². The van der Waals surface area contributed by atoms with Crippen molar-refractivity contribution < 1.29 is 4.42 Å². The first-order valence-electron chi connectivity index (χ1n) is 1.98. The molecule has 0 amide bonds. The summed E-state index contributed by atoms with van der Waals surface area (Å²) in [5, 5.41) is 0. The van der Waals surface area contributed by atoms with Gasteiger partial charge in [0.15, 0.2) is 6.39 Å². The first kappa shape index (κ1) is 5.24. The Morgan fingerprint density at radius 3 is 2.88 bits per heavy atom. The third-order valence-corrected chi connectivity index (χ3v) is 0.894. The Labute approximate surface area is 51.5 Å². The minimum Gasteiger partial charge on any atom is -0.451 e. The third-order valence-electron chi connectivity index (χ3n) is 0.685. The minimum absolute atomic E-state index is 0.263. The SMILES string of the molecule is NC(=S)c1cocn1. The summed E-state index contributed by atoms with van der Waals surface area (Å²) in [6.45, 7) is 0. The number of nitrogens with zero attached hydrogens (tertiary/aromatic N) is 1. The largest absolute Gasteiger partial charge is 0.451 e. The molecule has 0 bridgehead atoms. The highest BCUT2D eigenvalue weighted by molar-refractivity contribution is 7.80. The number of aromatic nitrogens is 1. The van der Waals surface area contributed by atoms with Gasteiger partial charge in [0.25, 0.3) is 0 Å². The topological polar surface area (TPSA) is 52.0 Å². The second kappa shape index (κ2) is 1.92. The molecule has 0 atom stereocenters. The van der Waals surface area contributed by atoms with E-state index in [4.69, 9.17) is 5.73 Å². The summed E-state index contributed by atoms with van der Waals surface area (Å²) in [7, 11) is 0. The van der Waals surface area contributed by atoms with Crippen LogP contribution < -0.4 is 5.73 Å².